The molecule has 1 aliphatic rings. The van der Waals surface area contributed by atoms with Crippen LogP contribution in [0.4, 0.5) is 10.1 Å². The number of nitrogens with one attached hydrogen (secondary N) is 1. The van der Waals surface area contributed by atoms with Gasteiger partial charge >= 0.3 is 0 Å². The van der Waals surface area contributed by atoms with Gasteiger partial charge in [-0.2, -0.15) is 0 Å². The van der Waals surface area contributed by atoms with Crippen molar-refractivity contribution in [3.63, 3.8) is 0 Å². The molecular formula is C28H38FN3O4S. The summed E-state index contributed by atoms with van der Waals surface area (Å²) in [6, 6.07) is 15.0. The van der Waals surface area contributed by atoms with Gasteiger partial charge in [0.1, 0.15) is 11.9 Å². The first-order chi connectivity index (χ1) is 17.7. The van der Waals surface area contributed by atoms with Gasteiger partial charge in [-0.1, -0.05) is 62.2 Å². The Morgan fingerprint density at radius 2 is 1.68 bits per heavy atom. The Hall–Kier alpha value is -2.94. The molecule has 9 heteroatoms. The van der Waals surface area contributed by atoms with Crippen molar-refractivity contribution < 1.29 is 22.4 Å². The molecule has 1 saturated carbocycles. The molecule has 2 aromatic carbocycles. The van der Waals surface area contributed by atoms with Gasteiger partial charge in [0.15, 0.2) is 0 Å². The first-order valence-electron chi connectivity index (χ1n) is 13.1. The monoisotopic (exact) mass is 531 g/mol. The zero-order chi connectivity index (χ0) is 26.8. The van der Waals surface area contributed by atoms with E-state index in [1.54, 1.807) is 11.0 Å². The molecule has 1 aliphatic carbocycles. The van der Waals surface area contributed by atoms with Crippen LogP contribution in [0, 0.1) is 5.82 Å². The van der Waals surface area contributed by atoms with Crippen molar-refractivity contribution in [2.24, 2.45) is 0 Å². The number of carbonyl (C=O) groups excluding carboxylic acids is 2. The lowest BCUT2D eigenvalue weighted by Crippen LogP contribution is -2.52. The first-order valence-corrected chi connectivity index (χ1v) is 14.9. The van der Waals surface area contributed by atoms with Crippen molar-refractivity contribution in [1.82, 2.24) is 10.2 Å². The lowest BCUT2D eigenvalue weighted by Gasteiger charge is -2.32. The SMILES string of the molecule is CC[C@H](C(=O)NC1CCCC1)N(CCc1ccccc1)C(=O)CCCN(c1ccccc1F)S(C)(=O)=O. The minimum absolute atomic E-state index is 0.0386. The molecule has 0 radical (unpaired) electrons. The van der Waals surface area contributed by atoms with Gasteiger partial charge in [0.05, 0.1) is 11.9 Å². The number of hydrogen-bond acceptors (Lipinski definition) is 4. The number of amides is 2. The molecule has 3 rings (SSSR count). The van der Waals surface area contributed by atoms with Gasteiger partial charge in [0.2, 0.25) is 21.8 Å². The smallest absolute Gasteiger partial charge is 0.243 e. The van der Waals surface area contributed by atoms with E-state index >= 15 is 0 Å². The summed E-state index contributed by atoms with van der Waals surface area (Å²) in [7, 11) is -3.75. The second-order valence-electron chi connectivity index (χ2n) is 9.63. The van der Waals surface area contributed by atoms with E-state index in [1.807, 2.05) is 37.3 Å². The topological polar surface area (TPSA) is 86.8 Å². The van der Waals surface area contributed by atoms with Gasteiger partial charge in [-0.25, -0.2) is 12.8 Å². The van der Waals surface area contributed by atoms with Crippen LogP contribution in [0.15, 0.2) is 54.6 Å². The number of para-hydroxylation sites is 1. The molecule has 202 valence electrons. The average Bonchev–Trinajstić information content (AvgIpc) is 3.37. The predicted molar refractivity (Wildman–Crippen MR) is 144 cm³/mol. The molecule has 0 spiro atoms. The van der Waals surface area contributed by atoms with E-state index in [4.69, 9.17) is 0 Å². The molecule has 0 unspecified atom stereocenters. The fourth-order valence-corrected chi connectivity index (χ4v) is 5.87. The molecule has 1 fully saturated rings. The zero-order valence-corrected chi connectivity index (χ0v) is 22.6. The van der Waals surface area contributed by atoms with Crippen molar-refractivity contribution in [2.45, 2.75) is 70.4 Å². The number of halogens is 1. The first kappa shape index (κ1) is 28.6. The molecule has 0 heterocycles. The molecule has 1 N–H and O–H groups in total. The number of rotatable bonds is 13. The van der Waals surface area contributed by atoms with Crippen LogP contribution in [0.1, 0.15) is 57.4 Å². The summed E-state index contributed by atoms with van der Waals surface area (Å²) >= 11 is 0. The van der Waals surface area contributed by atoms with Crippen molar-refractivity contribution in [2.75, 3.05) is 23.7 Å². The minimum atomic E-state index is -3.75. The quantitative estimate of drug-likeness (QED) is 0.418. The standard InChI is InChI=1S/C28H38FN3O4S/c1-3-25(28(34)30-23-14-7-8-15-23)31(21-19-22-12-5-4-6-13-22)27(33)18-11-20-32(37(2,35)36)26-17-10-9-16-24(26)29/h4-6,9-10,12-13,16-17,23,25H,3,7-8,11,14-15,18-21H2,1-2H3,(H,30,34)/t25-/m1/s1. The van der Waals surface area contributed by atoms with Gasteiger partial charge in [-0.15, -0.1) is 0 Å². The minimum Gasteiger partial charge on any atom is -0.352 e. The third kappa shape index (κ3) is 8.28. The Balaban J connectivity index is 1.71. The predicted octanol–water partition coefficient (Wildman–Crippen LogP) is 4.28. The average molecular weight is 532 g/mol. The van der Waals surface area contributed by atoms with Gasteiger partial charge in [-0.3, -0.25) is 13.9 Å². The van der Waals surface area contributed by atoms with Crippen molar-refractivity contribution in [1.29, 1.82) is 0 Å². The van der Waals surface area contributed by atoms with Crippen LogP contribution in [-0.4, -0.2) is 56.6 Å². The summed E-state index contributed by atoms with van der Waals surface area (Å²) in [5, 5.41) is 3.12. The molecule has 1 atom stereocenters. The summed E-state index contributed by atoms with van der Waals surface area (Å²) < 4.78 is 40.1. The zero-order valence-electron chi connectivity index (χ0n) is 21.7. The summed E-state index contributed by atoms with van der Waals surface area (Å²) in [5.74, 6) is -0.996. The van der Waals surface area contributed by atoms with Crippen LogP contribution in [-0.2, 0) is 26.0 Å². The fraction of sp³-hybridized carbons (Fsp3) is 0.500. The van der Waals surface area contributed by atoms with Crippen LogP contribution in [0.2, 0.25) is 0 Å². The van der Waals surface area contributed by atoms with Gasteiger partial charge in [0, 0.05) is 25.6 Å². The summed E-state index contributed by atoms with van der Waals surface area (Å²) in [6.45, 7) is 2.23. The highest BCUT2D eigenvalue weighted by atomic mass is 32.2. The third-order valence-electron chi connectivity index (χ3n) is 6.85. The highest BCUT2D eigenvalue weighted by Crippen LogP contribution is 2.23. The van der Waals surface area contributed by atoms with E-state index in [0.717, 1.165) is 41.8 Å². The molecule has 2 amide bonds. The highest BCUT2D eigenvalue weighted by molar-refractivity contribution is 7.92. The number of sulfonamides is 1. The summed E-state index contributed by atoms with van der Waals surface area (Å²) in [6.07, 6.45) is 6.44. The number of carbonyl (C=O) groups is 2. The van der Waals surface area contributed by atoms with E-state index in [0.29, 0.717) is 19.4 Å². The summed E-state index contributed by atoms with van der Waals surface area (Å²) in [5.41, 5.74) is 1.02. The molecule has 7 nitrogen and oxygen atoms in total. The summed E-state index contributed by atoms with van der Waals surface area (Å²) in [4.78, 5) is 28.3. The normalized spacial score (nSPS) is 14.8. The number of benzene rings is 2. The number of nitrogens with zero attached hydrogens (tertiary/aromatic N) is 2. The maximum absolute atomic E-state index is 14.3. The second kappa shape index (κ2) is 13.6. The van der Waals surface area contributed by atoms with Crippen molar-refractivity contribution in [3.8, 4) is 0 Å². The molecule has 2 aromatic rings. The van der Waals surface area contributed by atoms with Crippen molar-refractivity contribution in [3.05, 3.63) is 66.0 Å². The van der Waals surface area contributed by atoms with Crippen molar-refractivity contribution >= 4 is 27.5 Å². The maximum atomic E-state index is 14.3. The highest BCUT2D eigenvalue weighted by Gasteiger charge is 2.30. The second-order valence-corrected chi connectivity index (χ2v) is 11.5. The Labute approximate surface area is 220 Å². The van der Waals surface area contributed by atoms with Gasteiger partial charge in [0.25, 0.3) is 0 Å². The number of hydrogen-bond donors (Lipinski definition) is 1. The van der Waals surface area contributed by atoms with E-state index in [1.165, 1.54) is 18.2 Å². The lowest BCUT2D eigenvalue weighted by molar-refractivity contribution is -0.141. The van der Waals surface area contributed by atoms with Crippen LogP contribution < -0.4 is 9.62 Å². The van der Waals surface area contributed by atoms with E-state index in [9.17, 15) is 22.4 Å². The third-order valence-corrected chi connectivity index (χ3v) is 8.02. The Morgan fingerprint density at radius 3 is 2.30 bits per heavy atom. The Bertz CT molecular complexity index is 1140. The van der Waals surface area contributed by atoms with Crippen LogP contribution >= 0.6 is 0 Å². The molecule has 0 aliphatic heterocycles. The van der Waals surface area contributed by atoms with E-state index < -0.39 is 21.9 Å². The van der Waals surface area contributed by atoms with Gasteiger partial charge in [-0.05, 0) is 49.8 Å². The Kier molecular flexibility index (Phi) is 10.5. The Morgan fingerprint density at radius 1 is 1.03 bits per heavy atom. The van der Waals surface area contributed by atoms with Crippen LogP contribution in [0.5, 0.6) is 0 Å². The molecular weight excluding hydrogens is 493 g/mol. The van der Waals surface area contributed by atoms with E-state index in [-0.39, 0.29) is 42.9 Å². The van der Waals surface area contributed by atoms with Crippen LogP contribution in [0.3, 0.4) is 0 Å². The molecule has 0 aromatic heterocycles. The lowest BCUT2D eigenvalue weighted by atomic mass is 10.1. The largest absolute Gasteiger partial charge is 0.352 e. The molecule has 0 saturated heterocycles. The molecule has 37 heavy (non-hydrogen) atoms. The fourth-order valence-electron chi connectivity index (χ4n) is 4.90. The van der Waals surface area contributed by atoms with Crippen LogP contribution in [0.25, 0.3) is 0 Å². The number of anilines is 1. The van der Waals surface area contributed by atoms with E-state index in [2.05, 4.69) is 5.32 Å². The maximum Gasteiger partial charge on any atom is 0.243 e. The molecule has 0 bridgehead atoms. The van der Waals surface area contributed by atoms with Gasteiger partial charge < -0.3 is 10.2 Å².